The lowest BCUT2D eigenvalue weighted by Gasteiger charge is -2.07. The molecule has 0 aliphatic carbocycles. The monoisotopic (exact) mass is 324 g/mol. The maximum Gasteiger partial charge on any atom is 0.217 e. The van der Waals surface area contributed by atoms with Gasteiger partial charge < -0.3 is 4.74 Å². The third-order valence-corrected chi connectivity index (χ3v) is 3.14. The fourth-order valence-electron chi connectivity index (χ4n) is 2.00. The van der Waals surface area contributed by atoms with Crippen LogP contribution in [0, 0.1) is 12.7 Å². The second-order valence-corrected chi connectivity index (χ2v) is 4.98. The van der Waals surface area contributed by atoms with Crippen molar-refractivity contribution < 1.29 is 13.9 Å². The second kappa shape index (κ2) is 6.91. The molecule has 120 valence electrons. The smallest absolute Gasteiger partial charge is 0.217 e. The van der Waals surface area contributed by atoms with E-state index in [1.807, 2.05) is 0 Å². The maximum absolute atomic E-state index is 12.9. The number of hydrogen-bond acceptors (Lipinski definition) is 6. The number of carbonyl (C=O) groups excluding carboxylic acids is 1. The first kappa shape index (κ1) is 15.7. The van der Waals surface area contributed by atoms with Crippen LogP contribution in [-0.2, 0) is 0 Å². The van der Waals surface area contributed by atoms with E-state index >= 15 is 0 Å². The van der Waals surface area contributed by atoms with Crippen LogP contribution in [0.5, 0.6) is 5.88 Å². The first-order chi connectivity index (χ1) is 11.6. The normalized spacial score (nSPS) is 10.4. The molecule has 0 aliphatic heterocycles. The zero-order chi connectivity index (χ0) is 16.9. The SMILES string of the molecule is Cc1cc(OCC(=O)c2ccc(F)cc2)nc(-c2cnccn2)n1. The van der Waals surface area contributed by atoms with Gasteiger partial charge in [0.15, 0.2) is 18.2 Å². The quantitative estimate of drug-likeness (QED) is 0.671. The van der Waals surface area contributed by atoms with Crippen LogP contribution >= 0.6 is 0 Å². The predicted molar refractivity (Wildman–Crippen MR) is 84.0 cm³/mol. The Hall–Kier alpha value is -3.22. The zero-order valence-corrected chi connectivity index (χ0v) is 12.8. The van der Waals surface area contributed by atoms with Gasteiger partial charge in [-0.1, -0.05) is 0 Å². The summed E-state index contributed by atoms with van der Waals surface area (Å²) in [5.41, 5.74) is 1.56. The predicted octanol–water partition coefficient (Wildman–Crippen LogP) is 2.64. The molecule has 0 radical (unpaired) electrons. The molecule has 6 nitrogen and oxygen atoms in total. The van der Waals surface area contributed by atoms with Gasteiger partial charge >= 0.3 is 0 Å². The number of ether oxygens (including phenoxy) is 1. The molecular weight excluding hydrogens is 311 g/mol. The number of benzene rings is 1. The fourth-order valence-corrected chi connectivity index (χ4v) is 2.00. The Labute approximate surface area is 137 Å². The van der Waals surface area contributed by atoms with Gasteiger partial charge in [-0.05, 0) is 31.2 Å². The second-order valence-electron chi connectivity index (χ2n) is 4.98. The Morgan fingerprint density at radius 1 is 1.17 bits per heavy atom. The number of Topliss-reactive ketones (excluding diaryl/α,β-unsaturated/α-hetero) is 1. The number of nitrogens with zero attached hydrogens (tertiary/aromatic N) is 4. The van der Waals surface area contributed by atoms with Crippen LogP contribution in [-0.4, -0.2) is 32.3 Å². The maximum atomic E-state index is 12.9. The summed E-state index contributed by atoms with van der Waals surface area (Å²) in [5, 5.41) is 0. The molecule has 3 aromatic rings. The van der Waals surface area contributed by atoms with Gasteiger partial charge in [0.25, 0.3) is 0 Å². The Morgan fingerprint density at radius 3 is 2.67 bits per heavy atom. The number of halogens is 1. The summed E-state index contributed by atoms with van der Waals surface area (Å²) in [6, 6.07) is 6.91. The van der Waals surface area contributed by atoms with Crippen molar-refractivity contribution in [3.8, 4) is 17.4 Å². The Kier molecular flexibility index (Phi) is 4.51. The summed E-state index contributed by atoms with van der Waals surface area (Å²) in [6.45, 7) is 1.58. The average molecular weight is 324 g/mol. The van der Waals surface area contributed by atoms with Crippen molar-refractivity contribution in [2.75, 3.05) is 6.61 Å². The Morgan fingerprint density at radius 2 is 1.96 bits per heavy atom. The average Bonchev–Trinajstić information content (AvgIpc) is 2.60. The molecule has 3 rings (SSSR count). The topological polar surface area (TPSA) is 77.9 Å². The van der Waals surface area contributed by atoms with Gasteiger partial charge in [0.1, 0.15) is 11.5 Å². The van der Waals surface area contributed by atoms with Crippen LogP contribution in [0.25, 0.3) is 11.5 Å². The summed E-state index contributed by atoms with van der Waals surface area (Å²) in [6.07, 6.45) is 4.64. The highest BCUT2D eigenvalue weighted by Gasteiger charge is 2.10. The number of ketones is 1. The molecule has 2 aromatic heterocycles. The summed E-state index contributed by atoms with van der Waals surface area (Å²) in [4.78, 5) is 28.7. The number of rotatable bonds is 5. The third-order valence-electron chi connectivity index (χ3n) is 3.14. The zero-order valence-electron chi connectivity index (χ0n) is 12.8. The van der Waals surface area contributed by atoms with Gasteiger partial charge in [-0.2, -0.15) is 4.98 Å². The van der Waals surface area contributed by atoms with Crippen LogP contribution in [0.2, 0.25) is 0 Å². The minimum Gasteiger partial charge on any atom is -0.469 e. The van der Waals surface area contributed by atoms with Crippen LogP contribution in [0.4, 0.5) is 4.39 Å². The van der Waals surface area contributed by atoms with Gasteiger partial charge in [-0.15, -0.1) is 0 Å². The van der Waals surface area contributed by atoms with E-state index in [2.05, 4.69) is 19.9 Å². The Balaban J connectivity index is 1.74. The number of aromatic nitrogens is 4. The van der Waals surface area contributed by atoms with E-state index < -0.39 is 5.82 Å². The van der Waals surface area contributed by atoms with E-state index in [0.717, 1.165) is 0 Å². The first-order valence-electron chi connectivity index (χ1n) is 7.15. The van der Waals surface area contributed by atoms with Gasteiger partial charge in [-0.25, -0.2) is 14.4 Å². The molecule has 2 heterocycles. The van der Waals surface area contributed by atoms with E-state index in [9.17, 15) is 9.18 Å². The van der Waals surface area contributed by atoms with E-state index in [1.54, 1.807) is 31.6 Å². The minimum atomic E-state index is -0.396. The van der Waals surface area contributed by atoms with Crippen LogP contribution in [0.15, 0.2) is 48.9 Å². The van der Waals surface area contributed by atoms with E-state index in [4.69, 9.17) is 4.74 Å². The molecule has 0 saturated heterocycles. The summed E-state index contributed by atoms with van der Waals surface area (Å²) in [7, 11) is 0. The molecule has 0 unspecified atom stereocenters. The van der Waals surface area contributed by atoms with Crippen molar-refractivity contribution in [2.24, 2.45) is 0 Å². The fraction of sp³-hybridized carbons (Fsp3) is 0.118. The summed E-state index contributed by atoms with van der Waals surface area (Å²) >= 11 is 0. The largest absolute Gasteiger partial charge is 0.469 e. The molecule has 1 aromatic carbocycles. The van der Waals surface area contributed by atoms with Gasteiger partial charge in [-0.3, -0.25) is 9.78 Å². The van der Waals surface area contributed by atoms with Crippen LogP contribution in [0.3, 0.4) is 0 Å². The highest BCUT2D eigenvalue weighted by atomic mass is 19.1. The van der Waals surface area contributed by atoms with Crippen molar-refractivity contribution in [2.45, 2.75) is 6.92 Å². The van der Waals surface area contributed by atoms with Crippen molar-refractivity contribution in [3.05, 3.63) is 66.0 Å². The van der Waals surface area contributed by atoms with Crippen LogP contribution in [0.1, 0.15) is 16.1 Å². The third kappa shape index (κ3) is 3.75. The molecule has 7 heteroatoms. The number of hydrogen-bond donors (Lipinski definition) is 0. The minimum absolute atomic E-state index is 0.206. The van der Waals surface area contributed by atoms with E-state index in [1.165, 1.54) is 24.3 Å². The molecule has 24 heavy (non-hydrogen) atoms. The van der Waals surface area contributed by atoms with E-state index in [0.29, 0.717) is 22.8 Å². The highest BCUT2D eigenvalue weighted by Crippen LogP contribution is 2.16. The van der Waals surface area contributed by atoms with Gasteiger partial charge in [0.2, 0.25) is 5.88 Å². The molecular formula is C17H13FN4O2. The first-order valence-corrected chi connectivity index (χ1v) is 7.15. The molecule has 0 amide bonds. The van der Waals surface area contributed by atoms with Gasteiger partial charge in [0.05, 0.1) is 6.20 Å². The summed E-state index contributed by atoms with van der Waals surface area (Å²) < 4.78 is 18.3. The van der Waals surface area contributed by atoms with Crippen molar-refractivity contribution in [1.82, 2.24) is 19.9 Å². The molecule has 0 N–H and O–H groups in total. The highest BCUT2D eigenvalue weighted by molar-refractivity contribution is 5.97. The lowest BCUT2D eigenvalue weighted by molar-refractivity contribution is 0.0918. The molecule has 0 saturated carbocycles. The Bertz CT molecular complexity index is 854. The van der Waals surface area contributed by atoms with Crippen molar-refractivity contribution >= 4 is 5.78 Å². The summed E-state index contributed by atoms with van der Waals surface area (Å²) in [5.74, 6) is -0.0363. The lowest BCUT2D eigenvalue weighted by atomic mass is 10.1. The molecule has 0 spiro atoms. The van der Waals surface area contributed by atoms with Crippen LogP contribution < -0.4 is 4.74 Å². The standard InChI is InChI=1S/C17H13FN4O2/c1-11-8-16(22-17(21-11)14-9-19-6-7-20-14)24-10-15(23)12-2-4-13(18)5-3-12/h2-9H,10H2,1H3. The molecule has 0 fully saturated rings. The van der Waals surface area contributed by atoms with Crippen molar-refractivity contribution in [1.29, 1.82) is 0 Å². The lowest BCUT2D eigenvalue weighted by Crippen LogP contribution is -2.12. The van der Waals surface area contributed by atoms with Gasteiger partial charge in [0, 0.05) is 29.7 Å². The number of aryl methyl sites for hydroxylation is 1. The van der Waals surface area contributed by atoms with E-state index in [-0.39, 0.29) is 18.3 Å². The number of carbonyl (C=O) groups is 1. The molecule has 0 atom stereocenters. The molecule has 0 aliphatic rings. The van der Waals surface area contributed by atoms with Crippen molar-refractivity contribution in [3.63, 3.8) is 0 Å². The molecule has 0 bridgehead atoms.